The summed E-state index contributed by atoms with van der Waals surface area (Å²) in [5.74, 6) is 1.46. The summed E-state index contributed by atoms with van der Waals surface area (Å²) >= 11 is 0. The van der Waals surface area contributed by atoms with Crippen molar-refractivity contribution < 1.29 is 4.74 Å². The van der Waals surface area contributed by atoms with Crippen molar-refractivity contribution in [1.29, 1.82) is 0 Å². The van der Waals surface area contributed by atoms with E-state index in [1.807, 2.05) is 12.1 Å². The Kier molecular flexibility index (Phi) is 7.72. The lowest BCUT2D eigenvalue weighted by molar-refractivity contribution is 0.198. The van der Waals surface area contributed by atoms with Gasteiger partial charge in [-0.25, -0.2) is 9.97 Å². The van der Waals surface area contributed by atoms with Crippen LogP contribution >= 0.6 is 0 Å². The number of rotatable bonds is 3. The van der Waals surface area contributed by atoms with Crippen LogP contribution in [0.4, 0.5) is 5.95 Å². The van der Waals surface area contributed by atoms with Crippen LogP contribution in [0, 0.1) is 5.92 Å². The molecule has 0 radical (unpaired) electrons. The van der Waals surface area contributed by atoms with E-state index in [9.17, 15) is 0 Å². The molecule has 4 aromatic carbocycles. The highest BCUT2D eigenvalue weighted by atomic mass is 16.5. The van der Waals surface area contributed by atoms with Crippen molar-refractivity contribution in [3.05, 3.63) is 186 Å². The highest BCUT2D eigenvalue weighted by Crippen LogP contribution is 2.44. The zero-order valence-corrected chi connectivity index (χ0v) is 28.0. The van der Waals surface area contributed by atoms with Crippen molar-refractivity contribution >= 4 is 16.9 Å². The van der Waals surface area contributed by atoms with Gasteiger partial charge >= 0.3 is 0 Å². The third-order valence-corrected chi connectivity index (χ3v) is 10.2. The monoisotopic (exact) mass is 637 g/mol. The fraction of sp³-hybridized carbons (Fsp3) is 0.156. The third-order valence-electron chi connectivity index (χ3n) is 10.2. The Bertz CT molecular complexity index is 2220. The van der Waals surface area contributed by atoms with E-state index in [4.69, 9.17) is 27.9 Å². The highest BCUT2D eigenvalue weighted by molar-refractivity contribution is 5.96. The summed E-state index contributed by atoms with van der Waals surface area (Å²) in [5.41, 5.74) is 9.75. The largest absolute Gasteiger partial charge is 0.486 e. The number of aromatic nitrogens is 2. The zero-order valence-electron chi connectivity index (χ0n) is 28.0. The Hall–Kier alpha value is -5.74. The van der Waals surface area contributed by atoms with E-state index < -0.39 is 0 Å². The van der Waals surface area contributed by atoms with Crippen LogP contribution in [0.15, 0.2) is 175 Å². The molecule has 0 amide bonds. The predicted octanol–water partition coefficient (Wildman–Crippen LogP) is 10.7. The van der Waals surface area contributed by atoms with Gasteiger partial charge < -0.3 is 4.74 Å². The number of hydrogen-bond acceptors (Lipinski definition) is 4. The first-order valence-corrected chi connectivity index (χ1v) is 17.0. The van der Waals surface area contributed by atoms with E-state index in [-0.39, 0.29) is 17.4 Å². The molecule has 4 heteroatoms. The van der Waals surface area contributed by atoms with Crippen LogP contribution in [0.5, 0.6) is 0 Å². The normalized spacial score (nSPS) is 22.0. The van der Waals surface area contributed by atoms with Crippen LogP contribution in [-0.2, 0) is 16.8 Å². The molecule has 4 nitrogen and oxygen atoms in total. The first-order valence-electron chi connectivity index (χ1n) is 17.0. The molecule has 1 aromatic heterocycles. The Morgan fingerprint density at radius 3 is 2.29 bits per heavy atom. The van der Waals surface area contributed by atoms with Crippen LogP contribution in [0.1, 0.15) is 31.4 Å². The van der Waals surface area contributed by atoms with Crippen molar-refractivity contribution in [2.45, 2.75) is 38.3 Å². The maximum Gasteiger partial charge on any atom is 0.231 e. The van der Waals surface area contributed by atoms with Crippen LogP contribution in [0.25, 0.3) is 33.3 Å². The molecule has 0 N–H and O–H groups in total. The number of allylic oxidation sites excluding steroid dienone is 6. The predicted molar refractivity (Wildman–Crippen MR) is 202 cm³/mol. The van der Waals surface area contributed by atoms with E-state index >= 15 is 0 Å². The molecule has 1 aliphatic carbocycles. The lowest BCUT2D eigenvalue weighted by Crippen LogP contribution is -2.41. The molecule has 0 saturated carbocycles. The molecule has 8 rings (SSSR count). The number of anilines is 1. The van der Waals surface area contributed by atoms with E-state index in [1.165, 1.54) is 5.56 Å². The van der Waals surface area contributed by atoms with Crippen molar-refractivity contribution in [2.24, 2.45) is 5.92 Å². The Morgan fingerprint density at radius 1 is 0.776 bits per heavy atom. The van der Waals surface area contributed by atoms with Gasteiger partial charge in [0.2, 0.25) is 5.95 Å². The average molecular weight is 638 g/mol. The van der Waals surface area contributed by atoms with Crippen molar-refractivity contribution in [1.82, 2.24) is 9.97 Å². The van der Waals surface area contributed by atoms with Gasteiger partial charge in [-0.05, 0) is 46.4 Å². The Balaban J connectivity index is 1.34. The summed E-state index contributed by atoms with van der Waals surface area (Å²) in [4.78, 5) is 12.9. The van der Waals surface area contributed by atoms with Crippen LogP contribution in [-0.4, -0.2) is 16.0 Å². The maximum absolute atomic E-state index is 6.81. The van der Waals surface area contributed by atoms with E-state index in [1.54, 1.807) is 0 Å². The molecule has 0 saturated heterocycles. The molecule has 2 atom stereocenters. The molecule has 0 bridgehead atoms. The van der Waals surface area contributed by atoms with Crippen LogP contribution in [0.2, 0.25) is 0 Å². The SMILES string of the molecule is C=C1/C2=C(\C=C/CC3C=CC=CC3N1c1nc(-c3ccccc3)c3cc(-c4ccccc4)ccc3n1)C(=C)C(C)(C)c1ccccc1CO2. The first kappa shape index (κ1) is 30.6. The van der Waals surface area contributed by atoms with Crippen molar-refractivity contribution in [2.75, 3.05) is 4.90 Å². The molecule has 3 aliphatic rings. The molecule has 3 heterocycles. The maximum atomic E-state index is 6.81. The standard InChI is InChI=1S/C45H39N3O/c1-30-37-23-15-22-33-18-12-14-25-41(33)48(31(2)43(37)49-29-36-21-11-13-24-39(36)45(30,3)4)44-46-40-27-26-35(32-16-7-5-8-17-32)28-38(40)42(47-44)34-19-9-6-10-20-34/h5-21,23-28,33,41H,1-2,22,29H2,3-4H3/b23-15-,43-37-. The van der Waals surface area contributed by atoms with Gasteiger partial charge in [0.1, 0.15) is 12.4 Å². The molecule has 5 aromatic rings. The van der Waals surface area contributed by atoms with E-state index in [0.29, 0.717) is 24.0 Å². The van der Waals surface area contributed by atoms with Gasteiger partial charge in [-0.3, -0.25) is 4.90 Å². The molecule has 0 fully saturated rings. The molecule has 49 heavy (non-hydrogen) atoms. The van der Waals surface area contributed by atoms with Gasteiger partial charge in [-0.1, -0.05) is 154 Å². The van der Waals surface area contributed by atoms with Gasteiger partial charge in [0.15, 0.2) is 0 Å². The zero-order chi connectivity index (χ0) is 33.5. The van der Waals surface area contributed by atoms with Crippen molar-refractivity contribution in [3.8, 4) is 22.4 Å². The minimum absolute atomic E-state index is 0.0822. The molecular weight excluding hydrogens is 599 g/mol. The van der Waals surface area contributed by atoms with Gasteiger partial charge in [0.25, 0.3) is 0 Å². The lowest BCUT2D eigenvalue weighted by atomic mass is 9.72. The number of fused-ring (bicyclic) bond motifs is 3. The molecular formula is C45H39N3O. The molecule has 2 unspecified atom stereocenters. The topological polar surface area (TPSA) is 38.2 Å². The first-order chi connectivity index (χ1) is 23.9. The molecule has 240 valence electrons. The minimum Gasteiger partial charge on any atom is -0.486 e. The number of hydrogen-bond donors (Lipinski definition) is 0. The second-order valence-corrected chi connectivity index (χ2v) is 13.5. The summed E-state index contributed by atoms with van der Waals surface area (Å²) in [7, 11) is 0. The van der Waals surface area contributed by atoms with E-state index in [0.717, 1.165) is 56.4 Å². The second kappa shape index (κ2) is 12.4. The Labute approximate surface area is 288 Å². The fourth-order valence-corrected chi connectivity index (χ4v) is 7.41. The lowest BCUT2D eigenvalue weighted by Gasteiger charge is -2.38. The summed E-state index contributed by atoms with van der Waals surface area (Å²) < 4.78 is 6.81. The van der Waals surface area contributed by atoms with Crippen LogP contribution < -0.4 is 4.90 Å². The Morgan fingerprint density at radius 2 is 1.49 bits per heavy atom. The molecule has 2 aliphatic heterocycles. The smallest absolute Gasteiger partial charge is 0.231 e. The number of ether oxygens (including phenoxy) is 1. The summed E-state index contributed by atoms with van der Waals surface area (Å²) in [5, 5.41) is 0.998. The van der Waals surface area contributed by atoms with E-state index in [2.05, 4.69) is 146 Å². The summed E-state index contributed by atoms with van der Waals surface area (Å²) in [6, 6.07) is 35.7. The van der Waals surface area contributed by atoms with Crippen molar-refractivity contribution in [3.63, 3.8) is 0 Å². The van der Waals surface area contributed by atoms with Gasteiger partial charge in [0, 0.05) is 27.9 Å². The summed E-state index contributed by atoms with van der Waals surface area (Å²) in [6.45, 7) is 14.4. The number of benzene rings is 4. The average Bonchev–Trinajstić information content (AvgIpc) is 3.19. The third kappa shape index (κ3) is 5.44. The van der Waals surface area contributed by atoms with Gasteiger partial charge in [0.05, 0.1) is 22.9 Å². The second-order valence-electron chi connectivity index (χ2n) is 13.5. The molecule has 0 spiro atoms. The quantitative estimate of drug-likeness (QED) is 0.197. The minimum atomic E-state index is -0.326. The van der Waals surface area contributed by atoms with Crippen LogP contribution in [0.3, 0.4) is 0 Å². The fourth-order valence-electron chi connectivity index (χ4n) is 7.41. The van der Waals surface area contributed by atoms with Gasteiger partial charge in [-0.2, -0.15) is 0 Å². The highest BCUT2D eigenvalue weighted by Gasteiger charge is 2.37. The summed E-state index contributed by atoms with van der Waals surface area (Å²) in [6.07, 6.45) is 14.0. The number of nitrogens with zero attached hydrogens (tertiary/aromatic N) is 3. The van der Waals surface area contributed by atoms with Gasteiger partial charge in [-0.15, -0.1) is 0 Å².